The molecule has 1 N–H and O–H groups in total. The van der Waals surface area contributed by atoms with Crippen molar-refractivity contribution in [2.45, 2.75) is 13.8 Å². The molecule has 1 rings (SSSR count). The number of carbonyl (C=O) groups is 2. The van der Waals surface area contributed by atoms with Crippen molar-refractivity contribution in [3.63, 3.8) is 0 Å². The van der Waals surface area contributed by atoms with Crippen LogP contribution in [-0.2, 0) is 9.59 Å². The summed E-state index contributed by atoms with van der Waals surface area (Å²) >= 11 is 0. The van der Waals surface area contributed by atoms with Crippen LogP contribution in [0.5, 0.6) is 0 Å². The molecule has 0 aliphatic heterocycles. The van der Waals surface area contributed by atoms with Gasteiger partial charge in [-0.2, -0.15) is 5.26 Å². The van der Waals surface area contributed by atoms with E-state index in [1.807, 2.05) is 37.3 Å². The first-order valence-electron chi connectivity index (χ1n) is 7.25. The molecule has 0 radical (unpaired) electrons. The first-order chi connectivity index (χ1) is 10.6. The fourth-order valence-corrected chi connectivity index (χ4v) is 1.85. The molecular weight excluding hydrogens is 278 g/mol. The Hall–Kier alpha value is -2.61. The summed E-state index contributed by atoms with van der Waals surface area (Å²) in [5, 5.41) is 11.3. The van der Waals surface area contributed by atoms with Gasteiger partial charge >= 0.3 is 0 Å². The standard InChI is InChI=1S/C17H21N3O2/c1-3-20(13-14(2)11-18)17(22)12-19-16(21)10-9-15-7-5-4-6-8-15/h4-10,14H,3,12-13H2,1-2H3,(H,19,21). The Labute approximate surface area is 131 Å². The second kappa shape index (κ2) is 9.35. The molecule has 5 heteroatoms. The topological polar surface area (TPSA) is 73.2 Å². The van der Waals surface area contributed by atoms with Gasteiger partial charge in [-0.25, -0.2) is 0 Å². The summed E-state index contributed by atoms with van der Waals surface area (Å²) in [6, 6.07) is 11.5. The highest BCUT2D eigenvalue weighted by Gasteiger charge is 2.14. The van der Waals surface area contributed by atoms with Crippen molar-refractivity contribution in [3.05, 3.63) is 42.0 Å². The van der Waals surface area contributed by atoms with E-state index in [0.29, 0.717) is 13.1 Å². The van der Waals surface area contributed by atoms with Gasteiger partial charge in [0.25, 0.3) is 0 Å². The molecule has 5 nitrogen and oxygen atoms in total. The molecule has 1 aromatic rings. The number of amides is 2. The quantitative estimate of drug-likeness (QED) is 0.781. The highest BCUT2D eigenvalue weighted by molar-refractivity contribution is 5.94. The molecule has 2 amide bonds. The fourth-order valence-electron chi connectivity index (χ4n) is 1.85. The smallest absolute Gasteiger partial charge is 0.244 e. The zero-order valence-electron chi connectivity index (χ0n) is 13.0. The second-order valence-electron chi connectivity index (χ2n) is 4.92. The Balaban J connectivity index is 2.44. The largest absolute Gasteiger partial charge is 0.343 e. The van der Waals surface area contributed by atoms with Crippen LogP contribution in [0.2, 0.25) is 0 Å². The Morgan fingerprint density at radius 3 is 2.64 bits per heavy atom. The van der Waals surface area contributed by atoms with Crippen LogP contribution in [0.25, 0.3) is 6.08 Å². The maximum Gasteiger partial charge on any atom is 0.244 e. The molecule has 1 aromatic carbocycles. The molecule has 1 atom stereocenters. The molecule has 22 heavy (non-hydrogen) atoms. The van der Waals surface area contributed by atoms with E-state index in [-0.39, 0.29) is 24.3 Å². The lowest BCUT2D eigenvalue weighted by molar-refractivity contribution is -0.132. The summed E-state index contributed by atoms with van der Waals surface area (Å²) in [4.78, 5) is 25.2. The van der Waals surface area contributed by atoms with E-state index >= 15 is 0 Å². The van der Waals surface area contributed by atoms with Gasteiger partial charge in [0.05, 0.1) is 18.5 Å². The van der Waals surface area contributed by atoms with Gasteiger partial charge in [-0.05, 0) is 25.5 Å². The minimum Gasteiger partial charge on any atom is -0.343 e. The van der Waals surface area contributed by atoms with Gasteiger partial charge in [-0.15, -0.1) is 0 Å². The molecule has 0 saturated heterocycles. The third kappa shape index (κ3) is 6.23. The lowest BCUT2D eigenvalue weighted by Gasteiger charge is -2.21. The molecule has 116 valence electrons. The molecule has 0 aliphatic rings. The maximum absolute atomic E-state index is 12.0. The zero-order valence-corrected chi connectivity index (χ0v) is 13.0. The van der Waals surface area contributed by atoms with Crippen LogP contribution in [0, 0.1) is 17.2 Å². The van der Waals surface area contributed by atoms with Gasteiger partial charge in [0.1, 0.15) is 0 Å². The Bertz CT molecular complexity index is 561. The summed E-state index contributed by atoms with van der Waals surface area (Å²) in [5.41, 5.74) is 0.919. The van der Waals surface area contributed by atoms with Gasteiger partial charge in [0.15, 0.2) is 0 Å². The number of nitriles is 1. The Kier molecular flexibility index (Phi) is 7.41. The van der Waals surface area contributed by atoms with Crippen LogP contribution in [0.4, 0.5) is 0 Å². The number of carbonyl (C=O) groups excluding carboxylic acids is 2. The van der Waals surface area contributed by atoms with E-state index in [9.17, 15) is 9.59 Å². The van der Waals surface area contributed by atoms with Crippen LogP contribution in [-0.4, -0.2) is 36.3 Å². The molecule has 0 aromatic heterocycles. The highest BCUT2D eigenvalue weighted by Crippen LogP contribution is 2.01. The first-order valence-corrected chi connectivity index (χ1v) is 7.25. The van der Waals surface area contributed by atoms with Crippen molar-refractivity contribution >= 4 is 17.9 Å². The molecule has 0 saturated carbocycles. The second-order valence-corrected chi connectivity index (χ2v) is 4.92. The van der Waals surface area contributed by atoms with E-state index in [1.165, 1.54) is 6.08 Å². The molecule has 0 aliphatic carbocycles. The maximum atomic E-state index is 12.0. The van der Waals surface area contributed by atoms with Crippen molar-refractivity contribution in [1.29, 1.82) is 5.26 Å². The molecule has 0 fully saturated rings. The first kappa shape index (κ1) is 17.4. The van der Waals surface area contributed by atoms with Gasteiger partial charge in [-0.1, -0.05) is 30.3 Å². The van der Waals surface area contributed by atoms with Crippen LogP contribution in [0.1, 0.15) is 19.4 Å². The molecular formula is C17H21N3O2. The third-order valence-electron chi connectivity index (χ3n) is 3.09. The van der Waals surface area contributed by atoms with Crippen molar-refractivity contribution in [2.24, 2.45) is 5.92 Å². The number of hydrogen-bond donors (Lipinski definition) is 1. The van der Waals surface area contributed by atoms with Crippen LogP contribution in [0.15, 0.2) is 36.4 Å². The Morgan fingerprint density at radius 2 is 2.05 bits per heavy atom. The lowest BCUT2D eigenvalue weighted by atomic mass is 10.2. The van der Waals surface area contributed by atoms with Crippen molar-refractivity contribution in [3.8, 4) is 6.07 Å². The summed E-state index contributed by atoms with van der Waals surface area (Å²) in [6.07, 6.45) is 3.09. The Morgan fingerprint density at radius 1 is 1.36 bits per heavy atom. The fraction of sp³-hybridized carbons (Fsp3) is 0.353. The summed E-state index contributed by atoms with van der Waals surface area (Å²) in [6.45, 7) is 4.43. The summed E-state index contributed by atoms with van der Waals surface area (Å²) < 4.78 is 0. The monoisotopic (exact) mass is 299 g/mol. The lowest BCUT2D eigenvalue weighted by Crippen LogP contribution is -2.41. The van der Waals surface area contributed by atoms with E-state index in [0.717, 1.165) is 5.56 Å². The van der Waals surface area contributed by atoms with Crippen LogP contribution < -0.4 is 5.32 Å². The van der Waals surface area contributed by atoms with Crippen molar-refractivity contribution in [1.82, 2.24) is 10.2 Å². The van der Waals surface area contributed by atoms with E-state index in [4.69, 9.17) is 5.26 Å². The molecule has 0 spiro atoms. The summed E-state index contributed by atoms with van der Waals surface area (Å²) in [5.74, 6) is -0.731. The van der Waals surface area contributed by atoms with Gasteiger partial charge in [0, 0.05) is 19.2 Å². The van der Waals surface area contributed by atoms with Crippen LogP contribution >= 0.6 is 0 Å². The average molecular weight is 299 g/mol. The predicted molar refractivity (Wildman–Crippen MR) is 85.5 cm³/mol. The number of likely N-dealkylation sites (N-methyl/N-ethyl adjacent to an activating group) is 1. The van der Waals surface area contributed by atoms with E-state index in [2.05, 4.69) is 11.4 Å². The van der Waals surface area contributed by atoms with Gasteiger partial charge < -0.3 is 10.2 Å². The molecule has 0 bridgehead atoms. The molecule has 0 heterocycles. The summed E-state index contributed by atoms with van der Waals surface area (Å²) in [7, 11) is 0. The number of rotatable bonds is 7. The SMILES string of the molecule is CCN(CC(C)C#N)C(=O)CNC(=O)C=Cc1ccccc1. The van der Waals surface area contributed by atoms with Crippen molar-refractivity contribution < 1.29 is 9.59 Å². The number of hydrogen-bond acceptors (Lipinski definition) is 3. The minimum atomic E-state index is -0.318. The normalized spacial score (nSPS) is 11.7. The average Bonchev–Trinajstić information content (AvgIpc) is 2.56. The van der Waals surface area contributed by atoms with E-state index < -0.39 is 0 Å². The minimum absolute atomic E-state index is 0.0655. The van der Waals surface area contributed by atoms with Crippen LogP contribution in [0.3, 0.4) is 0 Å². The third-order valence-corrected chi connectivity index (χ3v) is 3.09. The number of nitrogens with zero attached hydrogens (tertiary/aromatic N) is 2. The number of benzene rings is 1. The highest BCUT2D eigenvalue weighted by atomic mass is 16.2. The predicted octanol–water partition coefficient (Wildman–Crippen LogP) is 1.82. The van der Waals surface area contributed by atoms with Gasteiger partial charge in [-0.3, -0.25) is 9.59 Å². The molecule has 1 unspecified atom stereocenters. The van der Waals surface area contributed by atoms with Crippen molar-refractivity contribution in [2.75, 3.05) is 19.6 Å². The zero-order chi connectivity index (χ0) is 16.4. The van der Waals surface area contributed by atoms with Gasteiger partial charge in [0.2, 0.25) is 11.8 Å². The van der Waals surface area contributed by atoms with E-state index in [1.54, 1.807) is 17.9 Å². The number of nitrogens with one attached hydrogen (secondary N) is 1.